The van der Waals surface area contributed by atoms with Crippen molar-refractivity contribution in [3.05, 3.63) is 83.4 Å². The molecule has 0 saturated carbocycles. The van der Waals surface area contributed by atoms with Crippen molar-refractivity contribution < 1.29 is 38.1 Å². The van der Waals surface area contributed by atoms with E-state index >= 15 is 0 Å². The number of ketones is 2. The average Bonchev–Trinajstić information content (AvgIpc) is 3.32. The highest BCUT2D eigenvalue weighted by Gasteiger charge is 2.51. The second-order valence-corrected chi connectivity index (χ2v) is 11.0. The van der Waals surface area contributed by atoms with Gasteiger partial charge in [0.15, 0.2) is 28.8 Å². The van der Waals surface area contributed by atoms with Gasteiger partial charge in [0, 0.05) is 31.7 Å². The standard InChI is InChI=1S/C34H36N2O8/c1-40-28-20-24(8-10-26(28)44-22-23-6-3-2-4-7-23)31-30(32(37)25-9-11-27-29(21-25)43-19-18-42-27)33(38)34(39)36(31)13-5-12-35-14-16-41-17-15-35/h2-4,6-11,20-21,30-31H,5,12-19,22H2,1H3. The number of morpholine rings is 1. The van der Waals surface area contributed by atoms with Crippen LogP contribution in [0.1, 0.15) is 33.9 Å². The lowest BCUT2D eigenvalue weighted by Crippen LogP contribution is -2.39. The minimum Gasteiger partial charge on any atom is -0.493 e. The Morgan fingerprint density at radius 1 is 0.864 bits per heavy atom. The van der Waals surface area contributed by atoms with E-state index in [0.717, 1.165) is 25.2 Å². The van der Waals surface area contributed by atoms with E-state index in [0.29, 0.717) is 74.6 Å². The summed E-state index contributed by atoms with van der Waals surface area (Å²) in [6.45, 7) is 5.20. The van der Waals surface area contributed by atoms with Crippen LogP contribution in [0, 0.1) is 5.92 Å². The number of Topliss-reactive ketones (excluding diaryl/α,β-unsaturated/α-hetero) is 2. The highest BCUT2D eigenvalue weighted by molar-refractivity contribution is 6.44. The van der Waals surface area contributed by atoms with Crippen LogP contribution in [0.3, 0.4) is 0 Å². The molecule has 0 aliphatic carbocycles. The van der Waals surface area contributed by atoms with Gasteiger partial charge in [-0.05, 0) is 47.9 Å². The summed E-state index contributed by atoms with van der Waals surface area (Å²) >= 11 is 0. The monoisotopic (exact) mass is 600 g/mol. The van der Waals surface area contributed by atoms with Gasteiger partial charge < -0.3 is 28.6 Å². The molecule has 0 bridgehead atoms. The topological polar surface area (TPSA) is 104 Å². The quantitative estimate of drug-likeness (QED) is 0.185. The van der Waals surface area contributed by atoms with Crippen LogP contribution in [-0.4, -0.2) is 87.0 Å². The van der Waals surface area contributed by atoms with E-state index < -0.39 is 29.4 Å². The maximum absolute atomic E-state index is 14.0. The molecule has 2 saturated heterocycles. The highest BCUT2D eigenvalue weighted by Crippen LogP contribution is 2.42. The molecule has 2 fully saturated rings. The number of carbonyl (C=O) groups is 3. The lowest BCUT2D eigenvalue weighted by Gasteiger charge is -2.30. The molecule has 3 aliphatic rings. The largest absolute Gasteiger partial charge is 0.493 e. The van der Waals surface area contributed by atoms with Gasteiger partial charge in [-0.2, -0.15) is 0 Å². The fourth-order valence-electron chi connectivity index (χ4n) is 5.99. The van der Waals surface area contributed by atoms with Crippen LogP contribution in [0.15, 0.2) is 66.7 Å². The number of fused-ring (bicyclic) bond motifs is 1. The molecule has 0 radical (unpaired) electrons. The summed E-state index contributed by atoms with van der Waals surface area (Å²) in [6.07, 6.45) is 0.649. The van der Waals surface area contributed by atoms with Crippen molar-refractivity contribution in [2.24, 2.45) is 5.92 Å². The molecule has 3 aliphatic heterocycles. The number of ether oxygens (including phenoxy) is 5. The van der Waals surface area contributed by atoms with Crippen molar-refractivity contribution >= 4 is 17.5 Å². The summed E-state index contributed by atoms with van der Waals surface area (Å²) in [7, 11) is 1.54. The van der Waals surface area contributed by atoms with Crippen molar-refractivity contribution in [3.8, 4) is 23.0 Å². The molecule has 10 heteroatoms. The van der Waals surface area contributed by atoms with E-state index in [4.69, 9.17) is 23.7 Å². The Labute approximate surface area is 256 Å². The Hall–Kier alpha value is -4.41. The van der Waals surface area contributed by atoms with Gasteiger partial charge in [0.05, 0.1) is 26.4 Å². The molecular weight excluding hydrogens is 564 g/mol. The molecule has 0 N–H and O–H groups in total. The third kappa shape index (κ3) is 6.27. The minimum absolute atomic E-state index is 0.287. The molecule has 230 valence electrons. The number of methoxy groups -OCH3 is 1. The third-order valence-corrected chi connectivity index (χ3v) is 8.26. The predicted molar refractivity (Wildman–Crippen MR) is 160 cm³/mol. The Morgan fingerprint density at radius 3 is 2.41 bits per heavy atom. The van der Waals surface area contributed by atoms with E-state index in [-0.39, 0.29) is 5.56 Å². The number of benzene rings is 3. The number of nitrogens with zero attached hydrogens (tertiary/aromatic N) is 2. The number of amides is 1. The Kier molecular flexibility index (Phi) is 9.09. The Bertz CT molecular complexity index is 1500. The maximum atomic E-state index is 14.0. The molecule has 3 aromatic rings. The van der Waals surface area contributed by atoms with Gasteiger partial charge in [-0.15, -0.1) is 0 Å². The Balaban J connectivity index is 1.30. The van der Waals surface area contributed by atoms with Gasteiger partial charge >= 0.3 is 0 Å². The second-order valence-electron chi connectivity index (χ2n) is 11.0. The molecule has 2 atom stereocenters. The fourth-order valence-corrected chi connectivity index (χ4v) is 5.99. The van der Waals surface area contributed by atoms with Gasteiger partial charge in [-0.25, -0.2) is 0 Å². The van der Waals surface area contributed by atoms with E-state index in [1.54, 1.807) is 41.3 Å². The van der Waals surface area contributed by atoms with Crippen molar-refractivity contribution in [3.63, 3.8) is 0 Å². The van der Waals surface area contributed by atoms with Crippen LogP contribution in [0.5, 0.6) is 23.0 Å². The van der Waals surface area contributed by atoms with Crippen LogP contribution < -0.4 is 18.9 Å². The van der Waals surface area contributed by atoms with Gasteiger partial charge in [0.25, 0.3) is 5.91 Å². The smallest absolute Gasteiger partial charge is 0.291 e. The molecule has 10 nitrogen and oxygen atoms in total. The van der Waals surface area contributed by atoms with Gasteiger partial charge in [0.2, 0.25) is 5.78 Å². The summed E-state index contributed by atoms with van der Waals surface area (Å²) in [5.41, 5.74) is 1.91. The molecule has 0 spiro atoms. The molecular formula is C34H36N2O8. The highest BCUT2D eigenvalue weighted by atomic mass is 16.6. The first kappa shape index (κ1) is 29.7. The lowest BCUT2D eigenvalue weighted by molar-refractivity contribution is -0.140. The fraction of sp³-hybridized carbons (Fsp3) is 0.382. The summed E-state index contributed by atoms with van der Waals surface area (Å²) in [4.78, 5) is 45.0. The number of hydrogen-bond acceptors (Lipinski definition) is 9. The van der Waals surface area contributed by atoms with Crippen LogP contribution in [0.25, 0.3) is 0 Å². The van der Waals surface area contributed by atoms with Gasteiger partial charge in [-0.1, -0.05) is 36.4 Å². The molecule has 44 heavy (non-hydrogen) atoms. The van der Waals surface area contributed by atoms with Gasteiger partial charge in [0.1, 0.15) is 25.7 Å². The zero-order valence-electron chi connectivity index (χ0n) is 24.7. The van der Waals surface area contributed by atoms with Crippen molar-refractivity contribution in [1.82, 2.24) is 9.80 Å². The summed E-state index contributed by atoms with van der Waals surface area (Å²) in [5.74, 6) is -1.09. The molecule has 1 amide bonds. The van der Waals surface area contributed by atoms with Gasteiger partial charge in [-0.3, -0.25) is 19.3 Å². The van der Waals surface area contributed by atoms with Crippen LogP contribution in [-0.2, 0) is 20.9 Å². The number of hydrogen-bond donors (Lipinski definition) is 0. The number of likely N-dealkylation sites (tertiary alicyclic amines) is 1. The number of carbonyl (C=O) groups excluding carboxylic acids is 3. The normalized spacial score (nSPS) is 20.1. The minimum atomic E-state index is -1.23. The first-order valence-corrected chi connectivity index (χ1v) is 15.0. The number of rotatable bonds is 11. The summed E-state index contributed by atoms with van der Waals surface area (Å²) in [5, 5.41) is 0. The summed E-state index contributed by atoms with van der Waals surface area (Å²) in [6, 6.07) is 19.2. The third-order valence-electron chi connectivity index (χ3n) is 8.26. The molecule has 3 heterocycles. The molecule has 2 unspecified atom stereocenters. The lowest BCUT2D eigenvalue weighted by atomic mass is 9.86. The summed E-state index contributed by atoms with van der Waals surface area (Å²) < 4.78 is 28.5. The van der Waals surface area contributed by atoms with E-state index in [2.05, 4.69) is 4.90 Å². The second kappa shape index (κ2) is 13.5. The van der Waals surface area contributed by atoms with E-state index in [1.165, 1.54) is 7.11 Å². The van der Waals surface area contributed by atoms with Crippen molar-refractivity contribution in [2.75, 3.05) is 59.7 Å². The molecule has 6 rings (SSSR count). The zero-order chi connectivity index (χ0) is 30.5. The maximum Gasteiger partial charge on any atom is 0.291 e. The average molecular weight is 601 g/mol. The SMILES string of the molecule is COc1cc(C2C(C(=O)c3ccc4c(c3)OCCO4)C(=O)C(=O)N2CCCN2CCOCC2)ccc1OCc1ccccc1. The van der Waals surface area contributed by atoms with Crippen LogP contribution >= 0.6 is 0 Å². The first-order valence-electron chi connectivity index (χ1n) is 15.0. The van der Waals surface area contributed by atoms with Crippen LogP contribution in [0.2, 0.25) is 0 Å². The van der Waals surface area contributed by atoms with Crippen LogP contribution in [0.4, 0.5) is 0 Å². The molecule has 3 aromatic carbocycles. The van der Waals surface area contributed by atoms with Crippen molar-refractivity contribution in [1.29, 1.82) is 0 Å². The zero-order valence-corrected chi connectivity index (χ0v) is 24.7. The van der Waals surface area contributed by atoms with E-state index in [9.17, 15) is 14.4 Å². The molecule has 0 aromatic heterocycles. The van der Waals surface area contributed by atoms with E-state index in [1.807, 2.05) is 30.3 Å². The van der Waals surface area contributed by atoms with Crippen molar-refractivity contribution in [2.45, 2.75) is 19.1 Å². The first-order chi connectivity index (χ1) is 21.5. The predicted octanol–water partition coefficient (Wildman–Crippen LogP) is 3.72. The Morgan fingerprint density at radius 2 is 1.64 bits per heavy atom.